The molecule has 7 rings (SSSR count). The molecular weight excluding hydrogens is 444 g/mol. The average Bonchev–Trinajstić information content (AvgIpc) is 3.18. The first-order valence-electron chi connectivity index (χ1n) is 12.2. The molecule has 0 radical (unpaired) electrons. The summed E-state index contributed by atoms with van der Waals surface area (Å²) in [5, 5.41) is 0.760. The van der Waals surface area contributed by atoms with Crippen LogP contribution in [0.25, 0.3) is 22.3 Å². The van der Waals surface area contributed by atoms with E-state index in [0.717, 1.165) is 10.6 Å². The molecule has 1 heteroatoms. The van der Waals surface area contributed by atoms with E-state index in [2.05, 4.69) is 117 Å². The quantitative estimate of drug-likeness (QED) is 0.226. The molecule has 168 valence electrons. The molecule has 0 heterocycles. The minimum Gasteiger partial charge on any atom is -0.0843 e. The van der Waals surface area contributed by atoms with Crippen molar-refractivity contribution in [2.24, 2.45) is 0 Å². The van der Waals surface area contributed by atoms with Crippen LogP contribution >= 0.6 is 11.6 Å². The summed E-state index contributed by atoms with van der Waals surface area (Å²) in [6, 6.07) is 42.2. The number of fused-ring (bicyclic) bond motifs is 9. The Morgan fingerprint density at radius 3 is 1.66 bits per heavy atom. The minimum absolute atomic E-state index is 0.0826. The molecule has 0 atom stereocenters. The second kappa shape index (κ2) is 7.20. The van der Waals surface area contributed by atoms with Crippen molar-refractivity contribution in [3.63, 3.8) is 0 Å². The van der Waals surface area contributed by atoms with E-state index in [1.807, 2.05) is 12.1 Å². The molecular formula is C34H25Cl. The van der Waals surface area contributed by atoms with Crippen molar-refractivity contribution < 1.29 is 0 Å². The van der Waals surface area contributed by atoms with Gasteiger partial charge in [0.05, 0.1) is 5.41 Å². The van der Waals surface area contributed by atoms with Gasteiger partial charge < -0.3 is 0 Å². The predicted molar refractivity (Wildman–Crippen MR) is 146 cm³/mol. The summed E-state index contributed by atoms with van der Waals surface area (Å²) in [4.78, 5) is 0. The number of benzene rings is 5. The summed E-state index contributed by atoms with van der Waals surface area (Å²) in [6.45, 7) is 4.73. The normalized spacial score (nSPS) is 15.7. The highest BCUT2D eigenvalue weighted by Crippen LogP contribution is 2.62. The fourth-order valence-electron chi connectivity index (χ4n) is 6.71. The SMILES string of the molecule is CC1(C)c2ccccc2C2(c3ccccc3-c3ccc(-c4cccc(Cl)c4)cc32)c2ccccc21. The standard InChI is InChI=1S/C34H25Cl/c1-33(2)28-14-5-7-16-30(28)34(31-17-8-6-15-29(31)33)27-13-4-3-12-25(27)26-19-18-23(21-32(26)34)22-10-9-11-24(35)20-22/h3-21H,1-2H3. The lowest BCUT2D eigenvalue weighted by molar-refractivity contribution is 0.563. The largest absolute Gasteiger partial charge is 0.0843 e. The van der Waals surface area contributed by atoms with Gasteiger partial charge in [-0.2, -0.15) is 0 Å². The van der Waals surface area contributed by atoms with E-state index < -0.39 is 0 Å². The van der Waals surface area contributed by atoms with E-state index in [0.29, 0.717) is 0 Å². The monoisotopic (exact) mass is 468 g/mol. The number of rotatable bonds is 1. The molecule has 5 aromatic rings. The van der Waals surface area contributed by atoms with Crippen molar-refractivity contribution >= 4 is 11.6 Å². The maximum absolute atomic E-state index is 6.39. The Bertz CT molecular complexity index is 1590. The zero-order chi connectivity index (χ0) is 23.8. The van der Waals surface area contributed by atoms with Gasteiger partial charge in [0.2, 0.25) is 0 Å². The second-order valence-electron chi connectivity index (χ2n) is 10.3. The zero-order valence-electron chi connectivity index (χ0n) is 19.8. The van der Waals surface area contributed by atoms with Gasteiger partial charge in [0, 0.05) is 10.4 Å². The van der Waals surface area contributed by atoms with Crippen LogP contribution in [0.15, 0.2) is 115 Å². The molecule has 0 fully saturated rings. The molecule has 1 spiro atoms. The van der Waals surface area contributed by atoms with Gasteiger partial charge in [-0.1, -0.05) is 123 Å². The first-order valence-corrected chi connectivity index (χ1v) is 12.6. The van der Waals surface area contributed by atoms with Crippen LogP contribution < -0.4 is 0 Å². The number of halogens is 1. The van der Waals surface area contributed by atoms with Crippen LogP contribution in [0, 0.1) is 0 Å². The van der Waals surface area contributed by atoms with Crippen LogP contribution in [0.4, 0.5) is 0 Å². The van der Waals surface area contributed by atoms with Gasteiger partial charge >= 0.3 is 0 Å². The highest BCUT2D eigenvalue weighted by atomic mass is 35.5. The molecule has 2 aliphatic rings. The molecule has 5 aromatic carbocycles. The number of hydrogen-bond donors (Lipinski definition) is 0. The second-order valence-corrected chi connectivity index (χ2v) is 10.7. The van der Waals surface area contributed by atoms with Gasteiger partial charge in [0.25, 0.3) is 0 Å². The average molecular weight is 469 g/mol. The van der Waals surface area contributed by atoms with Crippen molar-refractivity contribution in [1.29, 1.82) is 0 Å². The lowest BCUT2D eigenvalue weighted by Crippen LogP contribution is -2.40. The van der Waals surface area contributed by atoms with Gasteiger partial charge in [0.15, 0.2) is 0 Å². The van der Waals surface area contributed by atoms with E-state index in [4.69, 9.17) is 11.6 Å². The smallest absolute Gasteiger partial charge is 0.0719 e. The third kappa shape index (κ3) is 2.64. The van der Waals surface area contributed by atoms with Gasteiger partial charge in [-0.25, -0.2) is 0 Å². The van der Waals surface area contributed by atoms with Crippen molar-refractivity contribution in [3.05, 3.63) is 154 Å². The zero-order valence-corrected chi connectivity index (χ0v) is 20.6. The summed E-state index contributed by atoms with van der Waals surface area (Å²) >= 11 is 6.39. The first kappa shape index (κ1) is 20.7. The van der Waals surface area contributed by atoms with Gasteiger partial charge in [-0.3, -0.25) is 0 Å². The van der Waals surface area contributed by atoms with Crippen LogP contribution in [0.3, 0.4) is 0 Å². The Morgan fingerprint density at radius 2 is 1.00 bits per heavy atom. The van der Waals surface area contributed by atoms with Crippen molar-refractivity contribution in [1.82, 2.24) is 0 Å². The fraction of sp³-hybridized carbons (Fsp3) is 0.118. The lowest BCUT2D eigenvalue weighted by Gasteiger charge is -2.46. The van der Waals surface area contributed by atoms with Crippen LogP contribution in [0.2, 0.25) is 5.02 Å². The van der Waals surface area contributed by atoms with Crippen LogP contribution in [0.5, 0.6) is 0 Å². The van der Waals surface area contributed by atoms with Crippen molar-refractivity contribution in [3.8, 4) is 22.3 Å². The minimum atomic E-state index is -0.358. The Balaban J connectivity index is 1.65. The van der Waals surface area contributed by atoms with E-state index in [1.54, 1.807) is 0 Å². The first-order chi connectivity index (χ1) is 17.0. The van der Waals surface area contributed by atoms with E-state index in [1.165, 1.54) is 50.1 Å². The Kier molecular flexibility index (Phi) is 4.26. The molecule has 35 heavy (non-hydrogen) atoms. The third-order valence-electron chi connectivity index (χ3n) is 8.21. The van der Waals surface area contributed by atoms with Gasteiger partial charge in [-0.15, -0.1) is 0 Å². The summed E-state index contributed by atoms with van der Waals surface area (Å²) in [6.07, 6.45) is 0. The van der Waals surface area contributed by atoms with Crippen molar-refractivity contribution in [2.45, 2.75) is 24.7 Å². The van der Waals surface area contributed by atoms with Gasteiger partial charge in [0.1, 0.15) is 0 Å². The highest BCUT2D eigenvalue weighted by molar-refractivity contribution is 6.30. The molecule has 0 saturated carbocycles. The molecule has 0 unspecified atom stereocenters. The van der Waals surface area contributed by atoms with E-state index >= 15 is 0 Å². The summed E-state index contributed by atoms with van der Waals surface area (Å²) in [7, 11) is 0. The number of hydrogen-bond acceptors (Lipinski definition) is 0. The summed E-state index contributed by atoms with van der Waals surface area (Å²) in [5.41, 5.74) is 12.8. The molecule has 2 aliphatic carbocycles. The Labute approximate surface area is 211 Å². The molecule has 0 bridgehead atoms. The Hall–Kier alpha value is -3.61. The maximum Gasteiger partial charge on any atom is 0.0719 e. The fourth-order valence-corrected chi connectivity index (χ4v) is 6.90. The molecule has 0 aromatic heterocycles. The summed E-state index contributed by atoms with van der Waals surface area (Å²) < 4.78 is 0. The highest BCUT2D eigenvalue weighted by Gasteiger charge is 2.53. The van der Waals surface area contributed by atoms with Gasteiger partial charge in [-0.05, 0) is 73.8 Å². The molecule has 0 aliphatic heterocycles. The molecule has 0 N–H and O–H groups in total. The van der Waals surface area contributed by atoms with E-state index in [9.17, 15) is 0 Å². The van der Waals surface area contributed by atoms with E-state index in [-0.39, 0.29) is 10.8 Å². The third-order valence-corrected chi connectivity index (χ3v) is 8.45. The van der Waals surface area contributed by atoms with Crippen molar-refractivity contribution in [2.75, 3.05) is 0 Å². The molecule has 0 nitrogen and oxygen atoms in total. The predicted octanol–water partition coefficient (Wildman–Crippen LogP) is 9.01. The summed E-state index contributed by atoms with van der Waals surface area (Å²) in [5.74, 6) is 0. The maximum atomic E-state index is 6.39. The van der Waals surface area contributed by atoms with Crippen LogP contribution in [-0.4, -0.2) is 0 Å². The molecule has 0 saturated heterocycles. The van der Waals surface area contributed by atoms with Crippen LogP contribution in [-0.2, 0) is 10.8 Å². The molecule has 0 amide bonds. The Morgan fingerprint density at radius 1 is 0.457 bits per heavy atom. The topological polar surface area (TPSA) is 0 Å². The van der Waals surface area contributed by atoms with Crippen LogP contribution in [0.1, 0.15) is 47.2 Å². The lowest BCUT2D eigenvalue weighted by atomic mass is 9.55.